The Balaban J connectivity index is 1.34. The molecule has 0 saturated heterocycles. The SMILES string of the molecule is OCc1ccc(C2CN=C(NCC3COCc4ccccc43)N2)cc1. The minimum Gasteiger partial charge on any atom is -0.392 e. The lowest BCUT2D eigenvalue weighted by Crippen LogP contribution is -2.39. The first-order valence-electron chi connectivity index (χ1n) is 8.73. The van der Waals surface area contributed by atoms with Gasteiger partial charge in [-0.25, -0.2) is 0 Å². The van der Waals surface area contributed by atoms with Gasteiger partial charge in [0.2, 0.25) is 0 Å². The fourth-order valence-corrected chi connectivity index (χ4v) is 3.44. The van der Waals surface area contributed by atoms with Crippen LogP contribution in [0.1, 0.15) is 34.2 Å². The van der Waals surface area contributed by atoms with Crippen molar-refractivity contribution in [2.45, 2.75) is 25.2 Å². The lowest BCUT2D eigenvalue weighted by Gasteiger charge is -2.26. The molecule has 2 unspecified atom stereocenters. The van der Waals surface area contributed by atoms with E-state index >= 15 is 0 Å². The number of fused-ring (bicyclic) bond motifs is 1. The number of rotatable bonds is 4. The normalized spacial score (nSPS) is 22.0. The summed E-state index contributed by atoms with van der Waals surface area (Å²) in [6, 6.07) is 16.7. The average Bonchev–Trinajstić information content (AvgIpc) is 3.15. The molecule has 0 aliphatic carbocycles. The van der Waals surface area contributed by atoms with Crippen LogP contribution in [0.4, 0.5) is 0 Å². The van der Waals surface area contributed by atoms with Crippen molar-refractivity contribution in [1.29, 1.82) is 0 Å². The summed E-state index contributed by atoms with van der Waals surface area (Å²) in [5.41, 5.74) is 4.76. The van der Waals surface area contributed by atoms with E-state index in [2.05, 4.69) is 39.9 Å². The van der Waals surface area contributed by atoms with Gasteiger partial charge in [0, 0.05) is 12.5 Å². The van der Waals surface area contributed by atoms with Crippen molar-refractivity contribution in [3.05, 3.63) is 70.8 Å². The summed E-state index contributed by atoms with van der Waals surface area (Å²) in [7, 11) is 0. The Labute approximate surface area is 147 Å². The Morgan fingerprint density at radius 3 is 2.84 bits per heavy atom. The van der Waals surface area contributed by atoms with Crippen LogP contribution in [0, 0.1) is 0 Å². The molecule has 5 nitrogen and oxygen atoms in total. The van der Waals surface area contributed by atoms with E-state index in [1.807, 2.05) is 24.3 Å². The van der Waals surface area contributed by atoms with Crippen LogP contribution in [0.3, 0.4) is 0 Å². The first-order chi connectivity index (χ1) is 12.3. The first kappa shape index (κ1) is 16.1. The van der Waals surface area contributed by atoms with Gasteiger partial charge in [0.15, 0.2) is 5.96 Å². The zero-order chi connectivity index (χ0) is 17.1. The van der Waals surface area contributed by atoms with E-state index < -0.39 is 0 Å². The number of aliphatic hydroxyl groups is 1. The number of ether oxygens (including phenoxy) is 1. The maximum Gasteiger partial charge on any atom is 0.191 e. The second-order valence-corrected chi connectivity index (χ2v) is 6.58. The molecule has 0 spiro atoms. The van der Waals surface area contributed by atoms with Crippen molar-refractivity contribution < 1.29 is 9.84 Å². The number of aliphatic hydroxyl groups excluding tert-OH is 1. The predicted octanol–water partition coefficient (Wildman–Crippen LogP) is 2.08. The highest BCUT2D eigenvalue weighted by Gasteiger charge is 2.23. The molecule has 2 aromatic rings. The highest BCUT2D eigenvalue weighted by Crippen LogP contribution is 2.26. The molecule has 3 N–H and O–H groups in total. The Bertz CT molecular complexity index is 758. The van der Waals surface area contributed by atoms with Crippen LogP contribution in [-0.2, 0) is 18.0 Å². The van der Waals surface area contributed by atoms with Gasteiger partial charge in [0.1, 0.15) is 0 Å². The van der Waals surface area contributed by atoms with Gasteiger partial charge in [-0.3, -0.25) is 4.99 Å². The molecule has 5 heteroatoms. The van der Waals surface area contributed by atoms with Crippen molar-refractivity contribution in [2.75, 3.05) is 19.7 Å². The molecule has 4 rings (SSSR count). The molecular weight excluding hydrogens is 314 g/mol. The van der Waals surface area contributed by atoms with Crippen LogP contribution in [0.5, 0.6) is 0 Å². The van der Waals surface area contributed by atoms with Crippen molar-refractivity contribution in [1.82, 2.24) is 10.6 Å². The Morgan fingerprint density at radius 2 is 2.00 bits per heavy atom. The third kappa shape index (κ3) is 3.52. The largest absolute Gasteiger partial charge is 0.392 e. The van der Waals surface area contributed by atoms with Gasteiger partial charge >= 0.3 is 0 Å². The van der Waals surface area contributed by atoms with E-state index in [4.69, 9.17) is 9.84 Å². The van der Waals surface area contributed by atoms with Crippen LogP contribution in [0.15, 0.2) is 53.5 Å². The van der Waals surface area contributed by atoms with E-state index in [9.17, 15) is 0 Å². The van der Waals surface area contributed by atoms with Gasteiger partial charge in [-0.15, -0.1) is 0 Å². The van der Waals surface area contributed by atoms with Gasteiger partial charge in [-0.2, -0.15) is 0 Å². The highest BCUT2D eigenvalue weighted by molar-refractivity contribution is 5.82. The number of hydrogen-bond donors (Lipinski definition) is 3. The molecule has 2 heterocycles. The monoisotopic (exact) mass is 337 g/mol. The first-order valence-corrected chi connectivity index (χ1v) is 8.73. The molecule has 2 aliphatic rings. The number of nitrogens with one attached hydrogen (secondary N) is 2. The molecule has 0 amide bonds. The molecular formula is C20H23N3O2. The number of nitrogens with zero attached hydrogens (tertiary/aromatic N) is 1. The third-order valence-corrected chi connectivity index (χ3v) is 4.90. The second-order valence-electron chi connectivity index (χ2n) is 6.58. The summed E-state index contributed by atoms with van der Waals surface area (Å²) in [4.78, 5) is 4.58. The fraction of sp³-hybridized carbons (Fsp3) is 0.350. The molecule has 130 valence electrons. The van der Waals surface area contributed by atoms with Gasteiger partial charge in [-0.1, -0.05) is 48.5 Å². The lowest BCUT2D eigenvalue weighted by atomic mass is 9.93. The molecule has 2 aliphatic heterocycles. The summed E-state index contributed by atoms with van der Waals surface area (Å²) in [6.45, 7) is 3.05. The van der Waals surface area contributed by atoms with Crippen LogP contribution < -0.4 is 10.6 Å². The van der Waals surface area contributed by atoms with E-state index in [0.717, 1.165) is 31.2 Å². The van der Waals surface area contributed by atoms with E-state index in [1.165, 1.54) is 16.7 Å². The topological polar surface area (TPSA) is 65.9 Å². The van der Waals surface area contributed by atoms with E-state index in [1.54, 1.807) is 0 Å². The molecule has 0 saturated carbocycles. The summed E-state index contributed by atoms with van der Waals surface area (Å²) in [5, 5.41) is 16.0. The highest BCUT2D eigenvalue weighted by atomic mass is 16.5. The van der Waals surface area contributed by atoms with Crippen molar-refractivity contribution in [2.24, 2.45) is 4.99 Å². The maximum absolute atomic E-state index is 9.14. The minimum atomic E-state index is 0.0760. The number of hydrogen-bond acceptors (Lipinski definition) is 5. The third-order valence-electron chi connectivity index (χ3n) is 4.90. The van der Waals surface area contributed by atoms with Gasteiger partial charge < -0.3 is 20.5 Å². The Hall–Kier alpha value is -2.37. The maximum atomic E-state index is 9.14. The molecule has 2 aromatic carbocycles. The zero-order valence-electron chi connectivity index (χ0n) is 14.1. The standard InChI is InChI=1S/C20H23N3O2/c24-11-14-5-7-15(8-6-14)19-10-22-20(23-19)21-9-17-13-25-12-16-3-1-2-4-18(16)17/h1-8,17,19,24H,9-13H2,(H2,21,22,23). The molecule has 0 bridgehead atoms. The number of benzene rings is 2. The molecule has 25 heavy (non-hydrogen) atoms. The summed E-state index contributed by atoms with van der Waals surface area (Å²) >= 11 is 0. The number of aliphatic imine (C=N–C) groups is 1. The van der Waals surface area contributed by atoms with Crippen LogP contribution in [-0.4, -0.2) is 30.8 Å². The average molecular weight is 337 g/mol. The van der Waals surface area contributed by atoms with Crippen molar-refractivity contribution in [3.8, 4) is 0 Å². The molecule has 0 fully saturated rings. The Morgan fingerprint density at radius 1 is 1.16 bits per heavy atom. The summed E-state index contributed by atoms with van der Waals surface area (Å²) in [5.74, 6) is 1.19. The zero-order valence-corrected chi connectivity index (χ0v) is 14.1. The van der Waals surface area contributed by atoms with E-state index in [-0.39, 0.29) is 12.6 Å². The smallest absolute Gasteiger partial charge is 0.191 e. The van der Waals surface area contributed by atoms with E-state index in [0.29, 0.717) is 12.5 Å². The predicted molar refractivity (Wildman–Crippen MR) is 97.4 cm³/mol. The lowest BCUT2D eigenvalue weighted by molar-refractivity contribution is 0.0917. The van der Waals surface area contributed by atoms with Crippen LogP contribution in [0.25, 0.3) is 0 Å². The number of guanidine groups is 1. The quantitative estimate of drug-likeness (QED) is 0.799. The fourth-order valence-electron chi connectivity index (χ4n) is 3.44. The van der Waals surface area contributed by atoms with Crippen molar-refractivity contribution >= 4 is 5.96 Å². The van der Waals surface area contributed by atoms with Gasteiger partial charge in [0.25, 0.3) is 0 Å². The Kier molecular flexibility index (Phi) is 4.68. The molecule has 2 atom stereocenters. The second kappa shape index (κ2) is 7.25. The summed E-state index contributed by atoms with van der Waals surface area (Å²) < 4.78 is 5.72. The van der Waals surface area contributed by atoms with Gasteiger partial charge in [-0.05, 0) is 22.3 Å². The summed E-state index contributed by atoms with van der Waals surface area (Å²) in [6.07, 6.45) is 0. The van der Waals surface area contributed by atoms with Crippen LogP contribution >= 0.6 is 0 Å². The van der Waals surface area contributed by atoms with Gasteiger partial charge in [0.05, 0.1) is 32.4 Å². The molecule has 0 aromatic heterocycles. The van der Waals surface area contributed by atoms with Crippen LogP contribution in [0.2, 0.25) is 0 Å². The molecule has 0 radical (unpaired) electrons. The van der Waals surface area contributed by atoms with Crippen molar-refractivity contribution in [3.63, 3.8) is 0 Å². The minimum absolute atomic E-state index is 0.0760.